The molecule has 1 aromatic carbocycles. The molecule has 21 heavy (non-hydrogen) atoms. The van der Waals surface area contributed by atoms with E-state index in [1.807, 2.05) is 47.8 Å². The second-order valence-electron chi connectivity index (χ2n) is 4.37. The van der Waals surface area contributed by atoms with Gasteiger partial charge in [0.25, 0.3) is 5.91 Å². The molecule has 2 aromatic rings. The maximum absolute atomic E-state index is 11.6. The SMILES string of the molecule is O=C(C=Cc1cccs1)NNC(=O)CCc1ccccc1. The van der Waals surface area contributed by atoms with Gasteiger partial charge in [-0.25, -0.2) is 0 Å². The largest absolute Gasteiger partial charge is 0.273 e. The number of amides is 2. The number of carbonyl (C=O) groups excluding carboxylic acids is 2. The van der Waals surface area contributed by atoms with Crippen LogP contribution in [0.2, 0.25) is 0 Å². The Morgan fingerprint density at radius 2 is 1.86 bits per heavy atom. The van der Waals surface area contributed by atoms with Crippen molar-refractivity contribution in [2.24, 2.45) is 0 Å². The summed E-state index contributed by atoms with van der Waals surface area (Å²) in [6.07, 6.45) is 4.08. The molecule has 1 aromatic heterocycles. The first-order chi connectivity index (χ1) is 10.2. The van der Waals surface area contributed by atoms with Gasteiger partial charge < -0.3 is 0 Å². The lowest BCUT2D eigenvalue weighted by molar-refractivity contribution is -0.126. The van der Waals surface area contributed by atoms with Gasteiger partial charge in [-0.3, -0.25) is 20.4 Å². The second-order valence-corrected chi connectivity index (χ2v) is 5.35. The van der Waals surface area contributed by atoms with Crippen LogP contribution in [0, 0.1) is 0 Å². The number of nitrogens with one attached hydrogen (secondary N) is 2. The van der Waals surface area contributed by atoms with E-state index in [1.165, 1.54) is 6.08 Å². The van der Waals surface area contributed by atoms with Crippen molar-refractivity contribution in [3.05, 3.63) is 64.4 Å². The van der Waals surface area contributed by atoms with Gasteiger partial charge in [0.1, 0.15) is 0 Å². The number of hydrogen-bond donors (Lipinski definition) is 2. The predicted octanol–water partition coefficient (Wildman–Crippen LogP) is 2.54. The van der Waals surface area contributed by atoms with Gasteiger partial charge in [0.05, 0.1) is 0 Å². The van der Waals surface area contributed by atoms with Gasteiger partial charge in [-0.1, -0.05) is 36.4 Å². The van der Waals surface area contributed by atoms with Crippen LogP contribution in [0.3, 0.4) is 0 Å². The van der Waals surface area contributed by atoms with Crippen LogP contribution in [0.5, 0.6) is 0 Å². The smallest absolute Gasteiger partial charge is 0.262 e. The molecule has 0 fully saturated rings. The Hall–Kier alpha value is -2.40. The molecule has 0 bridgehead atoms. The van der Waals surface area contributed by atoms with Gasteiger partial charge in [0.15, 0.2) is 0 Å². The number of benzene rings is 1. The van der Waals surface area contributed by atoms with E-state index in [-0.39, 0.29) is 11.8 Å². The molecular weight excluding hydrogens is 284 g/mol. The van der Waals surface area contributed by atoms with Crippen molar-refractivity contribution in [1.82, 2.24) is 10.9 Å². The van der Waals surface area contributed by atoms with Crippen LogP contribution in [0.15, 0.2) is 53.9 Å². The summed E-state index contributed by atoms with van der Waals surface area (Å²) in [5, 5.41) is 1.93. The van der Waals surface area contributed by atoms with Crippen LogP contribution >= 0.6 is 11.3 Å². The highest BCUT2D eigenvalue weighted by molar-refractivity contribution is 7.10. The molecule has 0 saturated heterocycles. The molecule has 2 rings (SSSR count). The molecule has 5 heteroatoms. The van der Waals surface area contributed by atoms with Crippen molar-refractivity contribution >= 4 is 29.2 Å². The predicted molar refractivity (Wildman–Crippen MR) is 84.4 cm³/mol. The highest BCUT2D eigenvalue weighted by Gasteiger charge is 2.03. The molecule has 0 aliphatic rings. The number of thiophene rings is 1. The Kier molecular flexibility index (Phi) is 5.72. The minimum atomic E-state index is -0.350. The van der Waals surface area contributed by atoms with Crippen molar-refractivity contribution in [2.75, 3.05) is 0 Å². The van der Waals surface area contributed by atoms with E-state index in [0.717, 1.165) is 10.4 Å². The summed E-state index contributed by atoms with van der Waals surface area (Å²) in [5.41, 5.74) is 5.85. The average Bonchev–Trinajstić information content (AvgIpc) is 3.03. The van der Waals surface area contributed by atoms with Crippen LogP contribution < -0.4 is 10.9 Å². The fraction of sp³-hybridized carbons (Fsp3) is 0.125. The third kappa shape index (κ3) is 5.62. The van der Waals surface area contributed by atoms with E-state index in [0.29, 0.717) is 12.8 Å². The Bertz CT molecular complexity index is 606. The highest BCUT2D eigenvalue weighted by atomic mass is 32.1. The first-order valence-corrected chi connectivity index (χ1v) is 7.46. The van der Waals surface area contributed by atoms with Crippen LogP contribution in [-0.4, -0.2) is 11.8 Å². The lowest BCUT2D eigenvalue weighted by Crippen LogP contribution is -2.40. The molecule has 0 spiro atoms. The molecule has 4 nitrogen and oxygen atoms in total. The standard InChI is InChI=1S/C16H16N2O2S/c19-15(10-8-13-5-2-1-3-6-13)17-18-16(20)11-9-14-7-4-12-21-14/h1-7,9,11-12H,8,10H2,(H,17,19)(H,18,20). The third-order valence-electron chi connectivity index (χ3n) is 2.75. The molecule has 1 heterocycles. The van der Waals surface area contributed by atoms with E-state index < -0.39 is 0 Å². The maximum atomic E-state index is 11.6. The number of hydrazine groups is 1. The highest BCUT2D eigenvalue weighted by Crippen LogP contribution is 2.09. The average molecular weight is 300 g/mol. The molecule has 0 unspecified atom stereocenters. The minimum Gasteiger partial charge on any atom is -0.273 e. The Balaban J connectivity index is 1.68. The molecule has 2 amide bonds. The van der Waals surface area contributed by atoms with E-state index in [9.17, 15) is 9.59 Å². The van der Waals surface area contributed by atoms with Crippen molar-refractivity contribution in [3.8, 4) is 0 Å². The van der Waals surface area contributed by atoms with E-state index in [2.05, 4.69) is 10.9 Å². The van der Waals surface area contributed by atoms with Crippen molar-refractivity contribution < 1.29 is 9.59 Å². The topological polar surface area (TPSA) is 58.2 Å². The summed E-state index contributed by atoms with van der Waals surface area (Å²) < 4.78 is 0. The molecule has 0 atom stereocenters. The zero-order valence-corrected chi connectivity index (χ0v) is 12.2. The van der Waals surface area contributed by atoms with Gasteiger partial charge in [-0.15, -0.1) is 11.3 Å². The summed E-state index contributed by atoms with van der Waals surface area (Å²) in [6.45, 7) is 0. The quantitative estimate of drug-likeness (QED) is 0.658. The van der Waals surface area contributed by atoms with Crippen LogP contribution in [0.1, 0.15) is 16.9 Å². The lowest BCUT2D eigenvalue weighted by atomic mass is 10.1. The van der Waals surface area contributed by atoms with Gasteiger partial charge >= 0.3 is 0 Å². The third-order valence-corrected chi connectivity index (χ3v) is 3.59. The first-order valence-electron chi connectivity index (χ1n) is 6.58. The molecule has 0 aliphatic carbocycles. The summed E-state index contributed by atoms with van der Waals surface area (Å²) in [5.74, 6) is -0.562. The van der Waals surface area contributed by atoms with Gasteiger partial charge in [-0.2, -0.15) is 0 Å². The Morgan fingerprint density at radius 3 is 2.57 bits per heavy atom. The van der Waals surface area contributed by atoms with Crippen LogP contribution in [0.25, 0.3) is 6.08 Å². The molecule has 108 valence electrons. The van der Waals surface area contributed by atoms with Crippen LogP contribution in [0.4, 0.5) is 0 Å². The Labute approximate surface area is 127 Å². The van der Waals surface area contributed by atoms with E-state index in [4.69, 9.17) is 0 Å². The number of carbonyl (C=O) groups is 2. The van der Waals surface area contributed by atoms with Crippen molar-refractivity contribution in [3.63, 3.8) is 0 Å². The lowest BCUT2D eigenvalue weighted by Gasteiger charge is -2.05. The fourth-order valence-electron chi connectivity index (χ4n) is 1.68. The monoisotopic (exact) mass is 300 g/mol. The van der Waals surface area contributed by atoms with Gasteiger partial charge in [0, 0.05) is 17.4 Å². The van der Waals surface area contributed by atoms with E-state index in [1.54, 1.807) is 17.4 Å². The summed E-state index contributed by atoms with van der Waals surface area (Å²) in [7, 11) is 0. The first kappa shape index (κ1) is 15.0. The van der Waals surface area contributed by atoms with E-state index >= 15 is 0 Å². The molecule has 2 N–H and O–H groups in total. The summed E-state index contributed by atoms with van der Waals surface area (Å²) >= 11 is 1.54. The summed E-state index contributed by atoms with van der Waals surface area (Å²) in [6, 6.07) is 13.6. The van der Waals surface area contributed by atoms with Gasteiger partial charge in [-0.05, 0) is 29.5 Å². The zero-order valence-electron chi connectivity index (χ0n) is 11.4. The van der Waals surface area contributed by atoms with Gasteiger partial charge in [0.2, 0.25) is 5.91 Å². The van der Waals surface area contributed by atoms with Crippen LogP contribution in [-0.2, 0) is 16.0 Å². The molecule has 0 radical (unpaired) electrons. The maximum Gasteiger partial charge on any atom is 0.262 e. The van der Waals surface area contributed by atoms with Crippen molar-refractivity contribution in [2.45, 2.75) is 12.8 Å². The Morgan fingerprint density at radius 1 is 1.05 bits per heavy atom. The minimum absolute atomic E-state index is 0.211. The van der Waals surface area contributed by atoms with Crippen molar-refractivity contribution in [1.29, 1.82) is 0 Å². The number of aryl methyl sites for hydroxylation is 1. The normalized spacial score (nSPS) is 10.5. The zero-order chi connectivity index (χ0) is 14.9. The summed E-state index contributed by atoms with van der Waals surface area (Å²) in [4.78, 5) is 24.1. The number of rotatable bonds is 5. The number of hydrogen-bond acceptors (Lipinski definition) is 3. The molecule has 0 saturated carbocycles. The fourth-order valence-corrected chi connectivity index (χ4v) is 2.30. The second kappa shape index (κ2) is 8.01. The molecule has 0 aliphatic heterocycles. The molecular formula is C16H16N2O2S.